The number of halogens is 2. The average Bonchev–Trinajstić information content (AvgIpc) is 2.77. The number of hydrogen-bond donors (Lipinski definition) is 2. The number of imidazole rings is 1. The quantitative estimate of drug-likeness (QED) is 0.746. The monoisotopic (exact) mass is 350 g/mol. The summed E-state index contributed by atoms with van der Waals surface area (Å²) in [6, 6.07) is 8.38. The number of carbonyl (C=O) groups is 1. The van der Waals surface area contributed by atoms with Crippen molar-refractivity contribution in [2.24, 2.45) is 0 Å². The van der Waals surface area contributed by atoms with Crippen LogP contribution in [0.25, 0.3) is 16.7 Å². The molecule has 0 saturated carbocycles. The van der Waals surface area contributed by atoms with Gasteiger partial charge in [0.05, 0.1) is 22.3 Å². The van der Waals surface area contributed by atoms with Gasteiger partial charge >= 0.3 is 11.7 Å². The van der Waals surface area contributed by atoms with Crippen molar-refractivity contribution in [2.45, 2.75) is 0 Å². The van der Waals surface area contributed by atoms with Gasteiger partial charge in [0.15, 0.2) is 0 Å². The van der Waals surface area contributed by atoms with Crippen LogP contribution in [0, 0.1) is 5.82 Å². The van der Waals surface area contributed by atoms with Gasteiger partial charge in [-0.05, 0) is 46.3 Å². The molecule has 5 nitrogen and oxygen atoms in total. The molecule has 0 bridgehead atoms. The first-order valence-electron chi connectivity index (χ1n) is 5.91. The number of nitrogens with zero attached hydrogens (tertiary/aromatic N) is 1. The Bertz CT molecular complexity index is 930. The van der Waals surface area contributed by atoms with Gasteiger partial charge in [0, 0.05) is 4.47 Å². The summed E-state index contributed by atoms with van der Waals surface area (Å²) >= 11 is 3.25. The van der Waals surface area contributed by atoms with E-state index in [2.05, 4.69) is 20.9 Å². The van der Waals surface area contributed by atoms with E-state index in [0.717, 1.165) is 10.6 Å². The zero-order chi connectivity index (χ0) is 15.1. The highest BCUT2D eigenvalue weighted by Gasteiger charge is 2.18. The van der Waals surface area contributed by atoms with Gasteiger partial charge in [-0.2, -0.15) is 0 Å². The van der Waals surface area contributed by atoms with Gasteiger partial charge in [0.25, 0.3) is 0 Å². The van der Waals surface area contributed by atoms with Crippen molar-refractivity contribution in [3.8, 4) is 5.69 Å². The fourth-order valence-corrected chi connectivity index (χ4v) is 2.64. The van der Waals surface area contributed by atoms with Crippen LogP contribution in [0.15, 0.2) is 45.7 Å². The van der Waals surface area contributed by atoms with Crippen LogP contribution in [0.5, 0.6) is 0 Å². The van der Waals surface area contributed by atoms with E-state index in [1.54, 1.807) is 6.07 Å². The maximum Gasteiger partial charge on any atom is 0.337 e. The number of aromatic nitrogens is 2. The predicted octanol–water partition coefficient (Wildman–Crippen LogP) is 2.92. The minimum absolute atomic E-state index is 0.0398. The number of nitrogens with one attached hydrogen (secondary N) is 1. The van der Waals surface area contributed by atoms with E-state index >= 15 is 0 Å². The van der Waals surface area contributed by atoms with Crippen molar-refractivity contribution in [2.75, 3.05) is 0 Å². The summed E-state index contributed by atoms with van der Waals surface area (Å²) in [4.78, 5) is 26.1. The smallest absolute Gasteiger partial charge is 0.337 e. The number of carboxylic acids is 1. The minimum atomic E-state index is -1.17. The number of hydrogen-bond acceptors (Lipinski definition) is 2. The molecule has 7 heteroatoms. The number of carboxylic acid groups (broad SMARTS) is 1. The Balaban J connectivity index is 2.48. The van der Waals surface area contributed by atoms with Gasteiger partial charge in [-0.15, -0.1) is 0 Å². The van der Waals surface area contributed by atoms with Gasteiger partial charge in [-0.3, -0.25) is 4.57 Å². The van der Waals surface area contributed by atoms with Crippen LogP contribution in [0.3, 0.4) is 0 Å². The first-order chi connectivity index (χ1) is 9.99. The Morgan fingerprint density at radius 2 is 2.05 bits per heavy atom. The Hall–Kier alpha value is -2.41. The maximum atomic E-state index is 13.5. The number of fused-ring (bicyclic) bond motifs is 1. The lowest BCUT2D eigenvalue weighted by atomic mass is 10.2. The average molecular weight is 351 g/mol. The summed E-state index contributed by atoms with van der Waals surface area (Å²) in [5.41, 5.74) is 0.226. The lowest BCUT2D eigenvalue weighted by Gasteiger charge is -2.08. The van der Waals surface area contributed by atoms with Crippen LogP contribution in [0.4, 0.5) is 4.39 Å². The normalized spacial score (nSPS) is 11.0. The van der Waals surface area contributed by atoms with Gasteiger partial charge in [0.1, 0.15) is 5.82 Å². The molecule has 3 aromatic rings. The second-order valence-corrected chi connectivity index (χ2v) is 5.22. The number of H-pyrrole nitrogens is 1. The van der Waals surface area contributed by atoms with Gasteiger partial charge in [-0.1, -0.05) is 6.07 Å². The van der Waals surface area contributed by atoms with Crippen LogP contribution in [-0.2, 0) is 0 Å². The third kappa shape index (κ3) is 2.15. The predicted molar refractivity (Wildman–Crippen MR) is 78.5 cm³/mol. The van der Waals surface area contributed by atoms with Crippen molar-refractivity contribution < 1.29 is 14.3 Å². The number of para-hydroxylation sites is 1. The molecule has 0 unspecified atom stereocenters. The maximum absolute atomic E-state index is 13.5. The molecule has 21 heavy (non-hydrogen) atoms. The summed E-state index contributed by atoms with van der Waals surface area (Å²) in [6.45, 7) is 0. The highest BCUT2D eigenvalue weighted by Crippen LogP contribution is 2.26. The molecule has 0 aliphatic rings. The lowest BCUT2D eigenvalue weighted by Crippen LogP contribution is -2.16. The summed E-state index contributed by atoms with van der Waals surface area (Å²) in [5, 5.41) is 9.27. The zero-order valence-electron chi connectivity index (χ0n) is 10.4. The van der Waals surface area contributed by atoms with E-state index in [1.165, 1.54) is 24.3 Å². The molecule has 3 rings (SSSR count). The Morgan fingerprint density at radius 1 is 1.29 bits per heavy atom. The van der Waals surface area contributed by atoms with E-state index in [1.807, 2.05) is 0 Å². The number of aromatic amines is 1. The highest BCUT2D eigenvalue weighted by atomic mass is 79.9. The molecule has 0 amide bonds. The van der Waals surface area contributed by atoms with Crippen molar-refractivity contribution in [1.82, 2.24) is 9.55 Å². The lowest BCUT2D eigenvalue weighted by molar-refractivity contribution is 0.0698. The third-order valence-corrected chi connectivity index (χ3v) is 3.75. The van der Waals surface area contributed by atoms with Crippen molar-refractivity contribution in [3.63, 3.8) is 0 Å². The Kier molecular flexibility index (Phi) is 3.13. The van der Waals surface area contributed by atoms with Crippen LogP contribution < -0.4 is 5.69 Å². The molecule has 0 aliphatic heterocycles. The van der Waals surface area contributed by atoms with Gasteiger partial charge < -0.3 is 10.1 Å². The molecule has 1 aromatic heterocycles. The van der Waals surface area contributed by atoms with Crippen molar-refractivity contribution >= 4 is 32.9 Å². The molecule has 1 heterocycles. The van der Waals surface area contributed by atoms with Crippen LogP contribution in [0.1, 0.15) is 10.4 Å². The molecule has 0 aliphatic carbocycles. The van der Waals surface area contributed by atoms with E-state index in [0.29, 0.717) is 9.99 Å². The van der Waals surface area contributed by atoms with Crippen LogP contribution in [-0.4, -0.2) is 20.6 Å². The number of rotatable bonds is 2. The molecule has 0 fully saturated rings. The van der Waals surface area contributed by atoms with E-state index in [9.17, 15) is 19.1 Å². The summed E-state index contributed by atoms with van der Waals surface area (Å²) in [5.74, 6) is -1.69. The molecular formula is C14H8BrFN2O3. The zero-order valence-corrected chi connectivity index (χ0v) is 12.0. The fourth-order valence-electron chi connectivity index (χ4n) is 2.22. The van der Waals surface area contributed by atoms with Crippen molar-refractivity contribution in [1.29, 1.82) is 0 Å². The Labute approximate surface area is 125 Å². The molecule has 2 aromatic carbocycles. The van der Waals surface area contributed by atoms with E-state index < -0.39 is 17.5 Å². The number of aromatic carboxylic acids is 1. The topological polar surface area (TPSA) is 75.1 Å². The molecule has 0 radical (unpaired) electrons. The second-order valence-electron chi connectivity index (χ2n) is 4.37. The molecule has 2 N–H and O–H groups in total. The standard InChI is InChI=1S/C14H8BrFN2O3/c15-9-5-4-7(16)6-11(9)18-12-8(13(19)20)2-1-3-10(12)17-14(18)21/h1-6H,(H,17,21)(H,19,20). The van der Waals surface area contributed by atoms with E-state index in [-0.39, 0.29) is 16.8 Å². The first-order valence-corrected chi connectivity index (χ1v) is 6.71. The largest absolute Gasteiger partial charge is 0.478 e. The molecule has 0 saturated heterocycles. The molecule has 0 atom stereocenters. The third-order valence-electron chi connectivity index (χ3n) is 3.08. The second kappa shape index (κ2) is 4.85. The van der Waals surface area contributed by atoms with Gasteiger partial charge in [-0.25, -0.2) is 14.0 Å². The minimum Gasteiger partial charge on any atom is -0.478 e. The molecule has 106 valence electrons. The summed E-state index contributed by atoms with van der Waals surface area (Å²) in [7, 11) is 0. The molecule has 0 spiro atoms. The van der Waals surface area contributed by atoms with Crippen LogP contribution in [0.2, 0.25) is 0 Å². The Morgan fingerprint density at radius 3 is 2.76 bits per heavy atom. The SMILES string of the molecule is O=C(O)c1cccc2[nH]c(=O)n(-c3cc(F)ccc3Br)c12. The van der Waals surface area contributed by atoms with Crippen LogP contribution >= 0.6 is 15.9 Å². The van der Waals surface area contributed by atoms with Crippen molar-refractivity contribution in [3.05, 3.63) is 62.7 Å². The number of benzene rings is 2. The summed E-state index contributed by atoms with van der Waals surface area (Å²) < 4.78 is 15.1. The highest BCUT2D eigenvalue weighted by molar-refractivity contribution is 9.10. The first kappa shape index (κ1) is 13.6. The van der Waals surface area contributed by atoms with Gasteiger partial charge in [0.2, 0.25) is 0 Å². The van der Waals surface area contributed by atoms with E-state index in [4.69, 9.17) is 0 Å². The fraction of sp³-hybridized carbons (Fsp3) is 0. The molecular weight excluding hydrogens is 343 g/mol. The summed E-state index contributed by atoms with van der Waals surface area (Å²) in [6.07, 6.45) is 0.